The Kier molecular flexibility index (Phi) is 5.52. The van der Waals surface area contributed by atoms with Gasteiger partial charge in [0.05, 0.1) is 4.99 Å². The molecule has 20 heavy (non-hydrogen) atoms. The van der Waals surface area contributed by atoms with Crippen molar-refractivity contribution in [1.29, 1.82) is 0 Å². The van der Waals surface area contributed by atoms with Gasteiger partial charge in [-0.3, -0.25) is 4.90 Å². The Balaban J connectivity index is 2.04. The van der Waals surface area contributed by atoms with Crippen LogP contribution in [-0.4, -0.2) is 48.5 Å². The topological polar surface area (TPSA) is 32.5 Å². The fourth-order valence-corrected chi connectivity index (χ4v) is 3.26. The van der Waals surface area contributed by atoms with Gasteiger partial charge in [0.15, 0.2) is 0 Å². The van der Waals surface area contributed by atoms with E-state index in [1.54, 1.807) is 0 Å². The predicted octanol–water partition coefficient (Wildman–Crippen LogP) is 2.29. The van der Waals surface area contributed by atoms with Crippen molar-refractivity contribution in [2.24, 2.45) is 11.7 Å². The van der Waals surface area contributed by atoms with E-state index in [0.717, 1.165) is 18.9 Å². The smallest absolute Gasteiger partial charge is 0.0746 e. The summed E-state index contributed by atoms with van der Waals surface area (Å²) in [6.07, 6.45) is 2.04. The summed E-state index contributed by atoms with van der Waals surface area (Å²) in [5.41, 5.74) is 7.10. The molecule has 4 heteroatoms. The van der Waals surface area contributed by atoms with Gasteiger partial charge >= 0.3 is 0 Å². The van der Waals surface area contributed by atoms with Crippen molar-refractivity contribution in [3.8, 4) is 0 Å². The first-order valence-electron chi connectivity index (χ1n) is 7.28. The van der Waals surface area contributed by atoms with Gasteiger partial charge < -0.3 is 10.6 Å². The molecule has 0 amide bonds. The van der Waals surface area contributed by atoms with Gasteiger partial charge in [0.25, 0.3) is 0 Å². The van der Waals surface area contributed by atoms with Crippen molar-refractivity contribution >= 4 is 17.2 Å². The molecule has 1 aliphatic rings. The van der Waals surface area contributed by atoms with Crippen molar-refractivity contribution in [3.63, 3.8) is 0 Å². The maximum Gasteiger partial charge on any atom is 0.0746 e. The van der Waals surface area contributed by atoms with E-state index in [9.17, 15) is 0 Å². The summed E-state index contributed by atoms with van der Waals surface area (Å²) in [7, 11) is 4.39. The van der Waals surface area contributed by atoms with E-state index in [4.69, 9.17) is 18.0 Å². The number of rotatable bonds is 6. The summed E-state index contributed by atoms with van der Waals surface area (Å²) >= 11 is 5.14. The highest BCUT2D eigenvalue weighted by Crippen LogP contribution is 2.26. The van der Waals surface area contributed by atoms with Crippen LogP contribution in [0.1, 0.15) is 24.4 Å². The van der Waals surface area contributed by atoms with Crippen LogP contribution in [0.15, 0.2) is 30.3 Å². The van der Waals surface area contributed by atoms with Gasteiger partial charge in [-0.25, -0.2) is 0 Å². The van der Waals surface area contributed by atoms with Crippen LogP contribution < -0.4 is 5.73 Å². The Morgan fingerprint density at radius 2 is 2.15 bits per heavy atom. The van der Waals surface area contributed by atoms with Gasteiger partial charge in [-0.1, -0.05) is 42.5 Å². The Labute approximate surface area is 127 Å². The minimum Gasteiger partial charge on any atom is -0.393 e. The molecule has 2 N–H and O–H groups in total. The molecule has 2 rings (SSSR count). The third-order valence-electron chi connectivity index (χ3n) is 4.15. The van der Waals surface area contributed by atoms with E-state index in [1.165, 1.54) is 25.1 Å². The van der Waals surface area contributed by atoms with Crippen LogP contribution in [-0.2, 0) is 0 Å². The third kappa shape index (κ3) is 4.27. The van der Waals surface area contributed by atoms with Crippen LogP contribution in [0, 0.1) is 5.92 Å². The molecule has 1 heterocycles. The molecule has 0 spiro atoms. The van der Waals surface area contributed by atoms with Crippen molar-refractivity contribution in [3.05, 3.63) is 35.9 Å². The number of thiocarbonyl (C=S) groups is 1. The van der Waals surface area contributed by atoms with Crippen LogP contribution in [0.2, 0.25) is 0 Å². The minimum atomic E-state index is 0.291. The molecule has 0 saturated carbocycles. The second-order valence-electron chi connectivity index (χ2n) is 5.95. The van der Waals surface area contributed by atoms with Crippen LogP contribution in [0.25, 0.3) is 0 Å². The van der Waals surface area contributed by atoms with Crippen molar-refractivity contribution < 1.29 is 0 Å². The average molecular weight is 291 g/mol. The highest BCUT2D eigenvalue weighted by atomic mass is 32.1. The summed E-state index contributed by atoms with van der Waals surface area (Å²) in [6.45, 7) is 3.51. The second-order valence-corrected chi connectivity index (χ2v) is 6.48. The van der Waals surface area contributed by atoms with E-state index in [1.807, 2.05) is 6.07 Å². The zero-order chi connectivity index (χ0) is 14.5. The molecule has 1 fully saturated rings. The Bertz CT molecular complexity index is 435. The number of nitrogens with zero attached hydrogens (tertiary/aromatic N) is 2. The van der Waals surface area contributed by atoms with Crippen LogP contribution in [0.3, 0.4) is 0 Å². The van der Waals surface area contributed by atoms with E-state index in [-0.39, 0.29) is 0 Å². The van der Waals surface area contributed by atoms with Crippen LogP contribution in [0.4, 0.5) is 0 Å². The fourth-order valence-electron chi connectivity index (χ4n) is 3.10. The molecule has 0 aromatic heterocycles. The molecule has 0 aliphatic carbocycles. The van der Waals surface area contributed by atoms with Gasteiger partial charge in [0.2, 0.25) is 0 Å². The van der Waals surface area contributed by atoms with E-state index >= 15 is 0 Å². The lowest BCUT2D eigenvalue weighted by atomic mass is 10.0. The standard InChI is InChI=1S/C16H25N3S/c1-18-9-8-13(11-18)12-19(2)15(10-16(17)20)14-6-4-3-5-7-14/h3-7,13,15H,8-12H2,1-2H3,(H2,17,20). The van der Waals surface area contributed by atoms with Gasteiger partial charge in [0, 0.05) is 25.6 Å². The Hall–Kier alpha value is -0.970. The lowest BCUT2D eigenvalue weighted by Crippen LogP contribution is -2.33. The molecule has 0 bridgehead atoms. The predicted molar refractivity (Wildman–Crippen MR) is 88.8 cm³/mol. The molecule has 2 atom stereocenters. The highest BCUT2D eigenvalue weighted by molar-refractivity contribution is 7.80. The monoisotopic (exact) mass is 291 g/mol. The number of hydrogen-bond acceptors (Lipinski definition) is 3. The molecule has 3 nitrogen and oxygen atoms in total. The molecular formula is C16H25N3S. The number of benzene rings is 1. The molecule has 1 saturated heterocycles. The minimum absolute atomic E-state index is 0.291. The quantitative estimate of drug-likeness (QED) is 0.815. The van der Waals surface area contributed by atoms with E-state index in [2.05, 4.69) is 48.2 Å². The van der Waals surface area contributed by atoms with Crippen molar-refractivity contribution in [2.75, 3.05) is 33.7 Å². The third-order valence-corrected chi connectivity index (χ3v) is 4.31. The Morgan fingerprint density at radius 3 is 2.70 bits per heavy atom. The van der Waals surface area contributed by atoms with Gasteiger partial charge in [0.1, 0.15) is 0 Å². The van der Waals surface area contributed by atoms with Crippen molar-refractivity contribution in [2.45, 2.75) is 18.9 Å². The zero-order valence-corrected chi connectivity index (χ0v) is 13.3. The van der Waals surface area contributed by atoms with Crippen LogP contribution >= 0.6 is 12.2 Å². The highest BCUT2D eigenvalue weighted by Gasteiger charge is 2.25. The summed E-state index contributed by atoms with van der Waals surface area (Å²) in [5, 5.41) is 0. The summed E-state index contributed by atoms with van der Waals surface area (Å²) < 4.78 is 0. The first kappa shape index (κ1) is 15.4. The average Bonchev–Trinajstić information content (AvgIpc) is 2.82. The fraction of sp³-hybridized carbons (Fsp3) is 0.562. The van der Waals surface area contributed by atoms with Crippen molar-refractivity contribution in [1.82, 2.24) is 9.80 Å². The zero-order valence-electron chi connectivity index (χ0n) is 12.5. The normalized spacial score (nSPS) is 21.2. The summed E-state index contributed by atoms with van der Waals surface area (Å²) in [5.74, 6) is 0.752. The molecule has 0 radical (unpaired) electrons. The maximum absolute atomic E-state index is 5.80. The summed E-state index contributed by atoms with van der Waals surface area (Å²) in [6, 6.07) is 10.8. The molecule has 2 unspecified atom stereocenters. The molecule has 110 valence electrons. The number of hydrogen-bond donors (Lipinski definition) is 1. The number of nitrogens with two attached hydrogens (primary N) is 1. The van der Waals surface area contributed by atoms with Gasteiger partial charge in [-0.15, -0.1) is 0 Å². The first-order valence-corrected chi connectivity index (χ1v) is 7.69. The lowest BCUT2D eigenvalue weighted by molar-refractivity contribution is 0.211. The molecule has 1 aliphatic heterocycles. The van der Waals surface area contributed by atoms with E-state index < -0.39 is 0 Å². The SMILES string of the molecule is CN1CCC(CN(C)C(CC(N)=S)c2ccccc2)C1. The van der Waals surface area contributed by atoms with E-state index in [0.29, 0.717) is 11.0 Å². The maximum atomic E-state index is 5.80. The lowest BCUT2D eigenvalue weighted by Gasteiger charge is -2.30. The summed E-state index contributed by atoms with van der Waals surface area (Å²) in [4.78, 5) is 5.41. The Morgan fingerprint density at radius 1 is 1.45 bits per heavy atom. The van der Waals surface area contributed by atoms with Crippen LogP contribution in [0.5, 0.6) is 0 Å². The second kappa shape index (κ2) is 7.16. The molecular weight excluding hydrogens is 266 g/mol. The first-order chi connectivity index (χ1) is 9.56. The van der Waals surface area contributed by atoms with Gasteiger partial charge in [-0.2, -0.15) is 0 Å². The number of likely N-dealkylation sites (tertiary alicyclic amines) is 1. The van der Waals surface area contributed by atoms with Gasteiger partial charge in [-0.05, 0) is 38.5 Å². The molecule has 1 aromatic rings. The largest absolute Gasteiger partial charge is 0.393 e. The molecule has 1 aromatic carbocycles.